The number of carbonyl (C=O) groups is 2. The van der Waals surface area contributed by atoms with Gasteiger partial charge < -0.3 is 25.8 Å². The first-order valence-electron chi connectivity index (χ1n) is 8.63. The van der Waals surface area contributed by atoms with Crippen LogP contribution in [-0.4, -0.2) is 43.7 Å². The molecule has 138 valence electrons. The van der Waals surface area contributed by atoms with Crippen LogP contribution in [-0.2, 0) is 14.3 Å². The highest BCUT2D eigenvalue weighted by molar-refractivity contribution is 5.95. The number of hydrogen-bond acceptors (Lipinski definition) is 5. The van der Waals surface area contributed by atoms with Gasteiger partial charge in [0.05, 0.1) is 18.7 Å². The molecule has 1 heterocycles. The number of rotatable bonds is 8. The summed E-state index contributed by atoms with van der Waals surface area (Å²) in [5.74, 6) is 0.107. The molecule has 1 saturated heterocycles. The lowest BCUT2D eigenvalue weighted by Crippen LogP contribution is -2.46. The summed E-state index contributed by atoms with van der Waals surface area (Å²) < 4.78 is 11.2. The SMILES string of the molecule is CC(C)[C@H](N)C(=O)NCC(=O)Nc1ccc(OCC2CCCO2)cc1. The highest BCUT2D eigenvalue weighted by atomic mass is 16.5. The average molecular weight is 349 g/mol. The molecule has 0 aromatic heterocycles. The van der Waals surface area contributed by atoms with E-state index in [0.717, 1.165) is 25.2 Å². The van der Waals surface area contributed by atoms with Crippen LogP contribution in [0.15, 0.2) is 24.3 Å². The molecule has 1 aromatic carbocycles. The third-order valence-corrected chi connectivity index (χ3v) is 4.04. The van der Waals surface area contributed by atoms with Gasteiger partial charge in [-0.3, -0.25) is 9.59 Å². The summed E-state index contributed by atoms with van der Waals surface area (Å²) in [5, 5.41) is 5.25. The maximum atomic E-state index is 11.9. The van der Waals surface area contributed by atoms with Gasteiger partial charge in [0.1, 0.15) is 12.4 Å². The van der Waals surface area contributed by atoms with Crippen molar-refractivity contribution in [3.8, 4) is 5.75 Å². The van der Waals surface area contributed by atoms with E-state index in [1.807, 2.05) is 13.8 Å². The van der Waals surface area contributed by atoms with Gasteiger partial charge in [-0.05, 0) is 43.0 Å². The van der Waals surface area contributed by atoms with Crippen LogP contribution in [0.4, 0.5) is 5.69 Å². The number of carbonyl (C=O) groups excluding carboxylic acids is 2. The van der Waals surface area contributed by atoms with Gasteiger partial charge in [0.15, 0.2) is 0 Å². The van der Waals surface area contributed by atoms with E-state index in [4.69, 9.17) is 15.2 Å². The second-order valence-corrected chi connectivity index (χ2v) is 6.51. The fourth-order valence-corrected chi connectivity index (χ4v) is 2.39. The Morgan fingerprint density at radius 3 is 2.64 bits per heavy atom. The van der Waals surface area contributed by atoms with Crippen LogP contribution in [0.25, 0.3) is 0 Å². The third kappa shape index (κ3) is 6.36. The summed E-state index contributed by atoms with van der Waals surface area (Å²) in [6, 6.07) is 6.47. The molecule has 1 aromatic rings. The fraction of sp³-hybridized carbons (Fsp3) is 0.556. The molecule has 0 radical (unpaired) electrons. The zero-order valence-corrected chi connectivity index (χ0v) is 14.8. The van der Waals surface area contributed by atoms with Crippen LogP contribution in [0.3, 0.4) is 0 Å². The minimum atomic E-state index is -0.618. The predicted molar refractivity (Wildman–Crippen MR) is 95.4 cm³/mol. The Balaban J connectivity index is 1.72. The van der Waals surface area contributed by atoms with E-state index < -0.39 is 6.04 Å². The van der Waals surface area contributed by atoms with Gasteiger partial charge in [-0.15, -0.1) is 0 Å². The lowest BCUT2D eigenvalue weighted by Gasteiger charge is -2.15. The normalized spacial score (nSPS) is 18.0. The molecule has 0 bridgehead atoms. The zero-order valence-electron chi connectivity index (χ0n) is 14.8. The molecule has 1 aliphatic heterocycles. The Hall–Kier alpha value is -2.12. The van der Waals surface area contributed by atoms with Gasteiger partial charge in [0, 0.05) is 12.3 Å². The Labute approximate surface area is 148 Å². The molecule has 25 heavy (non-hydrogen) atoms. The average Bonchev–Trinajstić information content (AvgIpc) is 3.12. The van der Waals surface area contributed by atoms with Crippen LogP contribution in [0.1, 0.15) is 26.7 Å². The molecule has 1 unspecified atom stereocenters. The second-order valence-electron chi connectivity index (χ2n) is 6.51. The van der Waals surface area contributed by atoms with Crippen molar-refractivity contribution in [3.05, 3.63) is 24.3 Å². The Bertz CT molecular complexity index is 568. The van der Waals surface area contributed by atoms with Crippen LogP contribution in [0.5, 0.6) is 5.75 Å². The maximum absolute atomic E-state index is 11.9. The largest absolute Gasteiger partial charge is 0.491 e. The number of nitrogens with two attached hydrogens (primary N) is 1. The highest BCUT2D eigenvalue weighted by Crippen LogP contribution is 2.18. The molecule has 2 amide bonds. The maximum Gasteiger partial charge on any atom is 0.243 e. The molecular formula is C18H27N3O4. The number of hydrogen-bond donors (Lipinski definition) is 3. The number of ether oxygens (including phenoxy) is 2. The number of benzene rings is 1. The van der Waals surface area contributed by atoms with Gasteiger partial charge in [-0.2, -0.15) is 0 Å². The van der Waals surface area contributed by atoms with Crippen molar-refractivity contribution in [2.24, 2.45) is 11.7 Å². The monoisotopic (exact) mass is 349 g/mol. The minimum absolute atomic E-state index is 0.0187. The standard InChI is InChI=1S/C18H27N3O4/c1-12(2)17(19)18(23)20-10-16(22)21-13-5-7-14(8-6-13)25-11-15-4-3-9-24-15/h5-8,12,15,17H,3-4,9-11,19H2,1-2H3,(H,20,23)(H,21,22)/t15?,17-/m0/s1. The Kier molecular flexibility index (Phi) is 7.21. The summed E-state index contributed by atoms with van der Waals surface area (Å²) in [5.41, 5.74) is 6.36. The molecule has 4 N–H and O–H groups in total. The van der Waals surface area contributed by atoms with E-state index in [1.54, 1.807) is 24.3 Å². The lowest BCUT2D eigenvalue weighted by atomic mass is 10.1. The Morgan fingerprint density at radius 1 is 1.32 bits per heavy atom. The quantitative estimate of drug-likeness (QED) is 0.656. The van der Waals surface area contributed by atoms with E-state index in [0.29, 0.717) is 12.3 Å². The fourth-order valence-electron chi connectivity index (χ4n) is 2.39. The van der Waals surface area contributed by atoms with E-state index in [2.05, 4.69) is 10.6 Å². The van der Waals surface area contributed by atoms with Crippen LogP contribution in [0, 0.1) is 5.92 Å². The molecule has 0 aliphatic carbocycles. The smallest absolute Gasteiger partial charge is 0.243 e. The predicted octanol–water partition coefficient (Wildman–Crippen LogP) is 1.28. The molecule has 1 fully saturated rings. The minimum Gasteiger partial charge on any atom is -0.491 e. The van der Waals surface area contributed by atoms with Gasteiger partial charge in [0.25, 0.3) is 0 Å². The van der Waals surface area contributed by atoms with Crippen molar-refractivity contribution in [3.63, 3.8) is 0 Å². The first-order chi connectivity index (χ1) is 12.0. The Morgan fingerprint density at radius 2 is 2.04 bits per heavy atom. The second kappa shape index (κ2) is 9.39. The topological polar surface area (TPSA) is 103 Å². The van der Waals surface area contributed by atoms with Gasteiger partial charge >= 0.3 is 0 Å². The van der Waals surface area contributed by atoms with Crippen molar-refractivity contribution >= 4 is 17.5 Å². The molecule has 2 atom stereocenters. The molecular weight excluding hydrogens is 322 g/mol. The van der Waals surface area contributed by atoms with Crippen molar-refractivity contribution in [1.82, 2.24) is 5.32 Å². The van der Waals surface area contributed by atoms with Crippen molar-refractivity contribution in [1.29, 1.82) is 0 Å². The van der Waals surface area contributed by atoms with Gasteiger partial charge in [-0.1, -0.05) is 13.8 Å². The zero-order chi connectivity index (χ0) is 18.2. The van der Waals surface area contributed by atoms with E-state index in [9.17, 15) is 9.59 Å². The summed E-state index contributed by atoms with van der Waals surface area (Å²) in [6.45, 7) is 4.93. The van der Waals surface area contributed by atoms with Crippen LogP contribution >= 0.6 is 0 Å². The summed E-state index contributed by atoms with van der Waals surface area (Å²) >= 11 is 0. The van der Waals surface area contributed by atoms with Gasteiger partial charge in [0.2, 0.25) is 11.8 Å². The molecule has 2 rings (SSSR count). The summed E-state index contributed by atoms with van der Waals surface area (Å²) in [4.78, 5) is 23.6. The van der Waals surface area contributed by atoms with E-state index in [1.165, 1.54) is 0 Å². The van der Waals surface area contributed by atoms with Crippen molar-refractivity contribution in [2.75, 3.05) is 25.1 Å². The summed E-state index contributed by atoms with van der Waals surface area (Å²) in [7, 11) is 0. The van der Waals surface area contributed by atoms with E-state index >= 15 is 0 Å². The highest BCUT2D eigenvalue weighted by Gasteiger charge is 2.18. The van der Waals surface area contributed by atoms with Crippen LogP contribution in [0.2, 0.25) is 0 Å². The first kappa shape index (κ1) is 19.2. The number of nitrogens with one attached hydrogen (secondary N) is 2. The third-order valence-electron chi connectivity index (χ3n) is 4.04. The van der Waals surface area contributed by atoms with E-state index in [-0.39, 0.29) is 30.4 Å². The van der Waals surface area contributed by atoms with Crippen molar-refractivity contribution in [2.45, 2.75) is 38.8 Å². The van der Waals surface area contributed by atoms with Gasteiger partial charge in [-0.25, -0.2) is 0 Å². The first-order valence-corrected chi connectivity index (χ1v) is 8.63. The molecule has 0 saturated carbocycles. The lowest BCUT2D eigenvalue weighted by molar-refractivity contribution is -0.125. The number of amides is 2. The molecule has 1 aliphatic rings. The molecule has 7 nitrogen and oxygen atoms in total. The summed E-state index contributed by atoms with van der Waals surface area (Å²) in [6.07, 6.45) is 2.28. The number of anilines is 1. The molecule has 7 heteroatoms. The molecule has 0 spiro atoms. The van der Waals surface area contributed by atoms with Crippen molar-refractivity contribution < 1.29 is 19.1 Å². The van der Waals surface area contributed by atoms with Crippen LogP contribution < -0.4 is 21.1 Å².